The fraction of sp³-hybridized carbons (Fsp3) is 0.625. The van der Waals surface area contributed by atoms with Gasteiger partial charge >= 0.3 is 0 Å². The van der Waals surface area contributed by atoms with Crippen LogP contribution in [0, 0.1) is 11.8 Å². The zero-order valence-corrected chi connectivity index (χ0v) is 13.3. The van der Waals surface area contributed by atoms with Gasteiger partial charge in [0, 0.05) is 10.7 Å². The Labute approximate surface area is 123 Å². The first kappa shape index (κ1) is 13.6. The van der Waals surface area contributed by atoms with Crippen molar-refractivity contribution in [2.45, 2.75) is 51.0 Å². The Bertz CT molecular complexity index is 474. The number of hydrogen-bond acceptors (Lipinski definition) is 2. The van der Waals surface area contributed by atoms with E-state index in [-0.39, 0.29) is 0 Å². The molecular weight excluding hydrogens is 304 g/mol. The second-order valence-electron chi connectivity index (χ2n) is 5.91. The van der Waals surface area contributed by atoms with E-state index in [9.17, 15) is 0 Å². The molecule has 2 aliphatic heterocycles. The van der Waals surface area contributed by atoms with Crippen LogP contribution in [0.3, 0.4) is 0 Å². The summed E-state index contributed by atoms with van der Waals surface area (Å²) < 4.78 is 11.5. The van der Waals surface area contributed by atoms with Crippen LogP contribution < -0.4 is 0 Å². The van der Waals surface area contributed by atoms with Gasteiger partial charge in [-0.3, -0.25) is 0 Å². The van der Waals surface area contributed by atoms with Gasteiger partial charge in [-0.15, -0.1) is 0 Å². The van der Waals surface area contributed by atoms with Crippen LogP contribution in [0.2, 0.25) is 0 Å². The van der Waals surface area contributed by atoms with Gasteiger partial charge in [-0.05, 0) is 36.5 Å². The third kappa shape index (κ3) is 2.37. The highest BCUT2D eigenvalue weighted by Crippen LogP contribution is 2.45. The van der Waals surface area contributed by atoms with E-state index in [1.807, 2.05) is 0 Å². The zero-order valence-electron chi connectivity index (χ0n) is 11.7. The Morgan fingerprint density at radius 3 is 2.53 bits per heavy atom. The molecule has 0 N–H and O–H groups in total. The average Bonchev–Trinajstić information content (AvgIpc) is 2.94. The van der Waals surface area contributed by atoms with Crippen LogP contribution in [0.15, 0.2) is 18.2 Å². The van der Waals surface area contributed by atoms with Gasteiger partial charge in [0.25, 0.3) is 0 Å². The maximum Gasteiger partial charge on any atom is 0.0725 e. The minimum atomic E-state index is 0.305. The lowest BCUT2D eigenvalue weighted by Crippen LogP contribution is -2.22. The van der Waals surface area contributed by atoms with Crippen LogP contribution in [-0.4, -0.2) is 12.2 Å². The minimum absolute atomic E-state index is 0.305. The van der Waals surface area contributed by atoms with E-state index in [0.29, 0.717) is 28.9 Å². The summed E-state index contributed by atoms with van der Waals surface area (Å²) in [4.78, 5) is 0.355. The molecule has 0 amide bonds. The number of hydrogen-bond donors (Lipinski definition) is 0. The first-order valence-corrected chi connectivity index (χ1v) is 7.98. The van der Waals surface area contributed by atoms with Crippen molar-refractivity contribution in [1.29, 1.82) is 0 Å². The van der Waals surface area contributed by atoms with E-state index >= 15 is 0 Å². The third-order valence-electron chi connectivity index (χ3n) is 4.72. The van der Waals surface area contributed by atoms with Gasteiger partial charge in [-0.2, -0.15) is 0 Å². The average molecular weight is 325 g/mol. The predicted molar refractivity (Wildman–Crippen MR) is 79.3 cm³/mol. The highest BCUT2D eigenvalue weighted by atomic mass is 79.9. The lowest BCUT2D eigenvalue weighted by Gasteiger charge is -2.25. The summed E-state index contributed by atoms with van der Waals surface area (Å²) in [5, 5.41) is 0. The van der Waals surface area contributed by atoms with E-state index in [1.165, 1.54) is 16.7 Å². The Kier molecular flexibility index (Phi) is 3.71. The van der Waals surface area contributed by atoms with E-state index in [2.05, 4.69) is 54.9 Å². The molecular formula is C16H21BrO2. The number of alkyl halides is 1. The fourth-order valence-electron chi connectivity index (χ4n) is 3.38. The lowest BCUT2D eigenvalue weighted by atomic mass is 9.84. The van der Waals surface area contributed by atoms with E-state index < -0.39 is 0 Å². The maximum atomic E-state index is 5.97. The van der Waals surface area contributed by atoms with Crippen LogP contribution in [0.5, 0.6) is 0 Å². The Balaban J connectivity index is 1.85. The highest BCUT2D eigenvalue weighted by molar-refractivity contribution is 9.09. The van der Waals surface area contributed by atoms with Crippen molar-refractivity contribution in [3.8, 4) is 0 Å². The molecule has 0 saturated carbocycles. The van der Waals surface area contributed by atoms with Crippen molar-refractivity contribution in [2.24, 2.45) is 11.8 Å². The predicted octanol–water partition coefficient (Wildman–Crippen LogP) is 4.21. The van der Waals surface area contributed by atoms with E-state index in [0.717, 1.165) is 13.2 Å². The summed E-state index contributed by atoms with van der Waals surface area (Å²) >= 11 is 3.91. The minimum Gasteiger partial charge on any atom is -0.375 e. The molecule has 3 rings (SSSR count). The molecule has 5 unspecified atom stereocenters. The molecule has 1 fully saturated rings. The number of halogens is 1. The molecule has 2 heterocycles. The molecule has 0 aliphatic carbocycles. The summed E-state index contributed by atoms with van der Waals surface area (Å²) in [5.41, 5.74) is 4.03. The van der Waals surface area contributed by atoms with Crippen molar-refractivity contribution in [3.05, 3.63) is 34.9 Å². The van der Waals surface area contributed by atoms with Gasteiger partial charge in [0.1, 0.15) is 0 Å². The topological polar surface area (TPSA) is 18.5 Å². The van der Waals surface area contributed by atoms with Gasteiger partial charge < -0.3 is 9.47 Å². The Morgan fingerprint density at radius 1 is 1.11 bits per heavy atom. The van der Waals surface area contributed by atoms with Crippen molar-refractivity contribution < 1.29 is 9.47 Å². The summed E-state index contributed by atoms with van der Waals surface area (Å²) in [7, 11) is 0. The van der Waals surface area contributed by atoms with Gasteiger partial charge in [-0.25, -0.2) is 0 Å². The molecule has 19 heavy (non-hydrogen) atoms. The molecule has 0 radical (unpaired) electrons. The zero-order chi connectivity index (χ0) is 13.6. The molecule has 2 aliphatic rings. The molecule has 5 atom stereocenters. The second-order valence-corrected chi connectivity index (χ2v) is 6.89. The standard InChI is InChI=1S/C16H21BrO2/c1-9-10(2)19-11(3)15(9)16(17)12-4-5-13-7-18-8-14(13)6-12/h4-6,9-11,15-16H,7-8H2,1-3H3. The van der Waals surface area contributed by atoms with Gasteiger partial charge in [0.05, 0.1) is 25.4 Å². The maximum absolute atomic E-state index is 5.97. The molecule has 0 bridgehead atoms. The summed E-state index contributed by atoms with van der Waals surface area (Å²) in [5.74, 6) is 1.10. The number of benzene rings is 1. The molecule has 1 aromatic rings. The number of fused-ring (bicyclic) bond motifs is 1. The third-order valence-corrected chi connectivity index (χ3v) is 5.86. The quantitative estimate of drug-likeness (QED) is 0.758. The Hall–Kier alpha value is -0.380. The molecule has 104 valence electrons. The first-order valence-electron chi connectivity index (χ1n) is 7.07. The first-order chi connectivity index (χ1) is 9.08. The van der Waals surface area contributed by atoms with Crippen molar-refractivity contribution in [3.63, 3.8) is 0 Å². The highest BCUT2D eigenvalue weighted by Gasteiger charge is 2.41. The lowest BCUT2D eigenvalue weighted by molar-refractivity contribution is 0.0511. The van der Waals surface area contributed by atoms with Crippen molar-refractivity contribution >= 4 is 15.9 Å². The summed E-state index contributed by atoms with van der Waals surface area (Å²) in [6.45, 7) is 8.18. The smallest absolute Gasteiger partial charge is 0.0725 e. The van der Waals surface area contributed by atoms with Crippen LogP contribution in [0.1, 0.15) is 42.3 Å². The van der Waals surface area contributed by atoms with Crippen LogP contribution in [0.25, 0.3) is 0 Å². The number of ether oxygens (including phenoxy) is 2. The molecule has 1 aromatic carbocycles. The molecule has 2 nitrogen and oxygen atoms in total. The van der Waals surface area contributed by atoms with Gasteiger partial charge in [0.15, 0.2) is 0 Å². The van der Waals surface area contributed by atoms with Crippen LogP contribution in [0.4, 0.5) is 0 Å². The fourth-order valence-corrected chi connectivity index (χ4v) is 4.58. The SMILES string of the molecule is CC1OC(C)C(C(Br)c2ccc3c(c2)COC3)C1C. The van der Waals surface area contributed by atoms with Crippen molar-refractivity contribution in [2.75, 3.05) is 0 Å². The van der Waals surface area contributed by atoms with Gasteiger partial charge in [-0.1, -0.05) is 41.1 Å². The van der Waals surface area contributed by atoms with Gasteiger partial charge in [0.2, 0.25) is 0 Å². The summed E-state index contributed by atoms with van der Waals surface area (Å²) in [6.07, 6.45) is 0.650. The Morgan fingerprint density at radius 2 is 1.84 bits per heavy atom. The summed E-state index contributed by atoms with van der Waals surface area (Å²) in [6, 6.07) is 6.74. The number of rotatable bonds is 2. The van der Waals surface area contributed by atoms with E-state index in [4.69, 9.17) is 9.47 Å². The van der Waals surface area contributed by atoms with Crippen LogP contribution >= 0.6 is 15.9 Å². The van der Waals surface area contributed by atoms with E-state index in [1.54, 1.807) is 0 Å². The largest absolute Gasteiger partial charge is 0.375 e. The molecule has 3 heteroatoms. The molecule has 1 saturated heterocycles. The normalized spacial score (nSPS) is 35.4. The van der Waals surface area contributed by atoms with Crippen LogP contribution in [-0.2, 0) is 22.7 Å². The molecule has 0 spiro atoms. The van der Waals surface area contributed by atoms with Crippen molar-refractivity contribution in [1.82, 2.24) is 0 Å². The second kappa shape index (κ2) is 5.19. The molecule has 0 aromatic heterocycles. The monoisotopic (exact) mass is 324 g/mol.